The topological polar surface area (TPSA) is 32.3 Å². The first kappa shape index (κ1) is 13.5. The van der Waals surface area contributed by atoms with Gasteiger partial charge in [-0.15, -0.1) is 0 Å². The average Bonchev–Trinajstić information content (AvgIpc) is 2.45. The van der Waals surface area contributed by atoms with Gasteiger partial charge in [-0.1, -0.05) is 13.8 Å². The van der Waals surface area contributed by atoms with Crippen molar-refractivity contribution in [2.45, 2.75) is 65.6 Å². The molecule has 1 saturated heterocycles. The molecule has 2 unspecified atom stereocenters. The van der Waals surface area contributed by atoms with Crippen LogP contribution in [0, 0.1) is 5.92 Å². The highest BCUT2D eigenvalue weighted by molar-refractivity contribution is 5.80. The van der Waals surface area contributed by atoms with Crippen molar-refractivity contribution in [3.63, 3.8) is 0 Å². The summed E-state index contributed by atoms with van der Waals surface area (Å²) in [5.74, 6) is 0.889. The Balaban J connectivity index is 2.54. The number of carbonyl (C=O) groups is 1. The molecular weight excluding hydrogens is 200 g/mol. The van der Waals surface area contributed by atoms with Gasteiger partial charge in [-0.2, -0.15) is 0 Å². The number of carbonyl (C=O) groups excluding carboxylic acids is 1. The van der Waals surface area contributed by atoms with Gasteiger partial charge in [0.25, 0.3) is 0 Å². The summed E-state index contributed by atoms with van der Waals surface area (Å²) in [7, 11) is 0. The molecular formula is C13H26N2O. The van der Waals surface area contributed by atoms with E-state index in [4.69, 9.17) is 0 Å². The van der Waals surface area contributed by atoms with Crippen LogP contribution < -0.4 is 5.32 Å². The Morgan fingerprint density at radius 1 is 1.31 bits per heavy atom. The predicted octanol–water partition coefficient (Wildman–Crippen LogP) is 2.02. The monoisotopic (exact) mass is 226 g/mol. The van der Waals surface area contributed by atoms with E-state index in [1.165, 1.54) is 0 Å². The number of hydrogen-bond acceptors (Lipinski definition) is 2. The summed E-state index contributed by atoms with van der Waals surface area (Å²) in [4.78, 5) is 13.9. The molecule has 0 saturated carbocycles. The van der Waals surface area contributed by atoms with E-state index in [-0.39, 0.29) is 11.4 Å². The van der Waals surface area contributed by atoms with Crippen molar-refractivity contribution in [2.24, 2.45) is 5.92 Å². The summed E-state index contributed by atoms with van der Waals surface area (Å²) in [5, 5.41) is 3.55. The maximum atomic E-state index is 11.9. The molecule has 1 heterocycles. The summed E-state index contributed by atoms with van der Waals surface area (Å²) >= 11 is 0. The lowest BCUT2D eigenvalue weighted by molar-refractivity contribution is -0.131. The van der Waals surface area contributed by atoms with Crippen LogP contribution in [0.5, 0.6) is 0 Å². The van der Waals surface area contributed by atoms with Gasteiger partial charge in [-0.05, 0) is 33.6 Å². The third-order valence-corrected chi connectivity index (χ3v) is 3.43. The molecule has 0 radical (unpaired) electrons. The molecule has 0 aromatic rings. The number of hydrogen-bond donors (Lipinski definition) is 1. The molecule has 0 aromatic carbocycles. The van der Waals surface area contributed by atoms with Crippen LogP contribution in [0.15, 0.2) is 0 Å². The maximum absolute atomic E-state index is 11.9. The van der Waals surface area contributed by atoms with Gasteiger partial charge in [0.15, 0.2) is 0 Å². The molecule has 0 bridgehead atoms. The molecule has 1 aliphatic heterocycles. The van der Waals surface area contributed by atoms with Crippen molar-refractivity contribution in [1.82, 2.24) is 10.2 Å². The van der Waals surface area contributed by atoms with Gasteiger partial charge in [0.1, 0.15) is 0 Å². The van der Waals surface area contributed by atoms with E-state index in [9.17, 15) is 4.79 Å². The first-order valence-corrected chi connectivity index (χ1v) is 6.28. The van der Waals surface area contributed by atoms with E-state index >= 15 is 0 Å². The van der Waals surface area contributed by atoms with Crippen LogP contribution >= 0.6 is 0 Å². The molecule has 1 rings (SSSR count). The molecule has 0 aromatic heterocycles. The summed E-state index contributed by atoms with van der Waals surface area (Å²) in [5.41, 5.74) is -0.0470. The normalized spacial score (nSPS) is 24.3. The van der Waals surface area contributed by atoms with Crippen LogP contribution in [0.25, 0.3) is 0 Å². The lowest BCUT2D eigenvalue weighted by Gasteiger charge is -2.32. The van der Waals surface area contributed by atoms with Crippen molar-refractivity contribution in [3.05, 3.63) is 0 Å². The second-order valence-corrected chi connectivity index (χ2v) is 6.28. The van der Waals surface area contributed by atoms with Crippen LogP contribution in [0.2, 0.25) is 0 Å². The van der Waals surface area contributed by atoms with Crippen LogP contribution in [0.4, 0.5) is 0 Å². The highest BCUT2D eigenvalue weighted by atomic mass is 16.2. The molecule has 16 heavy (non-hydrogen) atoms. The first-order valence-electron chi connectivity index (χ1n) is 6.28. The van der Waals surface area contributed by atoms with E-state index in [2.05, 4.69) is 46.9 Å². The number of nitrogens with zero attached hydrogens (tertiary/aromatic N) is 1. The van der Waals surface area contributed by atoms with Crippen molar-refractivity contribution in [1.29, 1.82) is 0 Å². The van der Waals surface area contributed by atoms with Crippen LogP contribution in [-0.4, -0.2) is 35.0 Å². The van der Waals surface area contributed by atoms with Crippen molar-refractivity contribution in [3.8, 4) is 0 Å². The second kappa shape index (κ2) is 4.74. The van der Waals surface area contributed by atoms with E-state index < -0.39 is 0 Å². The van der Waals surface area contributed by atoms with E-state index in [0.717, 1.165) is 6.54 Å². The van der Waals surface area contributed by atoms with Gasteiger partial charge in [-0.25, -0.2) is 0 Å². The van der Waals surface area contributed by atoms with E-state index in [0.29, 0.717) is 24.4 Å². The summed E-state index contributed by atoms with van der Waals surface area (Å²) in [6.45, 7) is 13.7. The zero-order valence-electron chi connectivity index (χ0n) is 11.5. The second-order valence-electron chi connectivity index (χ2n) is 6.28. The number of amides is 1. The van der Waals surface area contributed by atoms with Crippen molar-refractivity contribution < 1.29 is 4.79 Å². The zero-order valence-corrected chi connectivity index (χ0v) is 11.5. The van der Waals surface area contributed by atoms with Gasteiger partial charge in [-0.3, -0.25) is 4.79 Å². The minimum absolute atomic E-state index is 0.0470. The Bertz CT molecular complexity index is 255. The molecule has 94 valence electrons. The minimum Gasteiger partial charge on any atom is -0.336 e. The van der Waals surface area contributed by atoms with Crippen molar-refractivity contribution >= 4 is 5.91 Å². The highest BCUT2D eigenvalue weighted by Gasteiger charge is 2.36. The van der Waals surface area contributed by atoms with Crippen molar-refractivity contribution in [2.75, 3.05) is 6.54 Å². The fourth-order valence-electron chi connectivity index (χ4n) is 2.03. The highest BCUT2D eigenvalue weighted by Crippen LogP contribution is 2.22. The van der Waals surface area contributed by atoms with Gasteiger partial charge >= 0.3 is 0 Å². The summed E-state index contributed by atoms with van der Waals surface area (Å²) in [6.07, 6.45) is 0.647. The Labute approximate surface area is 99.6 Å². The molecule has 0 spiro atoms. The fraction of sp³-hybridized carbons (Fsp3) is 0.923. The fourth-order valence-corrected chi connectivity index (χ4v) is 2.03. The first-order chi connectivity index (χ1) is 7.21. The molecule has 2 atom stereocenters. The summed E-state index contributed by atoms with van der Waals surface area (Å²) in [6, 6.07) is 0.793. The Kier molecular flexibility index (Phi) is 4.00. The third kappa shape index (κ3) is 3.21. The largest absolute Gasteiger partial charge is 0.336 e. The van der Waals surface area contributed by atoms with E-state index in [1.807, 2.05) is 4.90 Å². The molecule has 1 amide bonds. The lowest BCUT2D eigenvalue weighted by Crippen LogP contribution is -2.45. The molecule has 3 heteroatoms. The summed E-state index contributed by atoms with van der Waals surface area (Å²) < 4.78 is 0. The molecule has 3 nitrogen and oxygen atoms in total. The van der Waals surface area contributed by atoms with Crippen LogP contribution in [-0.2, 0) is 4.79 Å². The maximum Gasteiger partial charge on any atom is 0.224 e. The molecule has 0 aliphatic carbocycles. The number of likely N-dealkylation sites (tertiary alicyclic amines) is 1. The van der Waals surface area contributed by atoms with Gasteiger partial charge in [0, 0.05) is 30.6 Å². The standard InChI is InChI=1S/C13H26N2O/c1-9(2)10(3)14-11-7-12(16)15(8-11)13(4,5)6/h9-11,14H,7-8H2,1-6H3. The quantitative estimate of drug-likeness (QED) is 0.798. The van der Waals surface area contributed by atoms with Gasteiger partial charge in [0.05, 0.1) is 0 Å². The lowest BCUT2D eigenvalue weighted by atomic mass is 10.0. The SMILES string of the molecule is CC(C)C(C)NC1CC(=O)N(C(C)(C)C)C1. The zero-order chi connectivity index (χ0) is 12.5. The Hall–Kier alpha value is -0.570. The molecule has 1 fully saturated rings. The average molecular weight is 226 g/mol. The number of nitrogens with one attached hydrogen (secondary N) is 1. The minimum atomic E-state index is -0.0470. The smallest absolute Gasteiger partial charge is 0.224 e. The Morgan fingerprint density at radius 3 is 2.25 bits per heavy atom. The van der Waals surface area contributed by atoms with Gasteiger partial charge < -0.3 is 10.2 Å². The Morgan fingerprint density at radius 2 is 1.88 bits per heavy atom. The molecule has 1 aliphatic rings. The van der Waals surface area contributed by atoms with Gasteiger partial charge in [0.2, 0.25) is 5.91 Å². The third-order valence-electron chi connectivity index (χ3n) is 3.43. The predicted molar refractivity (Wildman–Crippen MR) is 67.3 cm³/mol. The molecule has 1 N–H and O–H groups in total. The number of rotatable bonds is 3. The van der Waals surface area contributed by atoms with Crippen LogP contribution in [0.3, 0.4) is 0 Å². The van der Waals surface area contributed by atoms with Crippen LogP contribution in [0.1, 0.15) is 48.0 Å². The van der Waals surface area contributed by atoms with E-state index in [1.54, 1.807) is 0 Å².